The Morgan fingerprint density at radius 1 is 0.967 bits per heavy atom. The molecule has 2 amide bonds. The average Bonchev–Trinajstić information content (AvgIpc) is 2.75. The van der Waals surface area contributed by atoms with Gasteiger partial charge in [-0.3, -0.25) is 14.6 Å². The van der Waals surface area contributed by atoms with E-state index >= 15 is 0 Å². The highest BCUT2D eigenvalue weighted by molar-refractivity contribution is 6.04. The Kier molecular flexibility index (Phi) is 6.80. The molecule has 30 heavy (non-hydrogen) atoms. The van der Waals surface area contributed by atoms with Gasteiger partial charge in [0.2, 0.25) is 0 Å². The topological polar surface area (TPSA) is 74.3 Å². The van der Waals surface area contributed by atoms with E-state index in [2.05, 4.69) is 44.8 Å². The van der Waals surface area contributed by atoms with Crippen LogP contribution in [0, 0.1) is 0 Å². The van der Waals surface area contributed by atoms with Crippen LogP contribution in [0.2, 0.25) is 0 Å². The normalized spacial score (nSPS) is 11.4. The Morgan fingerprint density at radius 2 is 1.70 bits per heavy atom. The van der Waals surface area contributed by atoms with Crippen molar-refractivity contribution in [2.45, 2.75) is 19.4 Å². The summed E-state index contributed by atoms with van der Waals surface area (Å²) < 4.78 is 0. The quantitative estimate of drug-likeness (QED) is 0.631. The zero-order valence-electron chi connectivity index (χ0n) is 17.4. The SMILES string of the molecule is C[C@H](Cc1ccc(N(C)C)cc1)NC(=O)c1cccc(NC(=O)c2cccnc2)c1. The lowest BCUT2D eigenvalue weighted by molar-refractivity contribution is 0.0939. The minimum atomic E-state index is -0.268. The zero-order chi connectivity index (χ0) is 21.5. The van der Waals surface area contributed by atoms with E-state index in [4.69, 9.17) is 0 Å². The average molecular weight is 402 g/mol. The van der Waals surface area contributed by atoms with Gasteiger partial charge < -0.3 is 15.5 Å². The third-order valence-electron chi connectivity index (χ3n) is 4.68. The molecule has 3 rings (SSSR count). The lowest BCUT2D eigenvalue weighted by Gasteiger charge is -2.16. The second-order valence-electron chi connectivity index (χ2n) is 7.42. The van der Waals surface area contributed by atoms with Gasteiger partial charge in [0.15, 0.2) is 0 Å². The number of pyridine rings is 1. The lowest BCUT2D eigenvalue weighted by Crippen LogP contribution is -2.34. The van der Waals surface area contributed by atoms with E-state index in [9.17, 15) is 9.59 Å². The van der Waals surface area contributed by atoms with E-state index in [1.807, 2.05) is 21.0 Å². The van der Waals surface area contributed by atoms with Gasteiger partial charge in [0.1, 0.15) is 0 Å². The lowest BCUT2D eigenvalue weighted by atomic mass is 10.1. The summed E-state index contributed by atoms with van der Waals surface area (Å²) in [6, 6.07) is 18.5. The fraction of sp³-hybridized carbons (Fsp3) is 0.208. The van der Waals surface area contributed by atoms with Crippen molar-refractivity contribution in [1.82, 2.24) is 10.3 Å². The third-order valence-corrected chi connectivity index (χ3v) is 4.68. The van der Waals surface area contributed by atoms with E-state index in [1.165, 1.54) is 6.20 Å². The van der Waals surface area contributed by atoms with E-state index < -0.39 is 0 Å². The van der Waals surface area contributed by atoms with Crippen molar-refractivity contribution in [2.24, 2.45) is 0 Å². The molecule has 0 bridgehead atoms. The number of rotatable bonds is 7. The number of carbonyl (C=O) groups excluding carboxylic acids is 2. The first kappa shape index (κ1) is 21.0. The molecule has 0 spiro atoms. The summed E-state index contributed by atoms with van der Waals surface area (Å²) in [5, 5.41) is 5.82. The molecule has 0 fully saturated rings. The number of aromatic nitrogens is 1. The van der Waals surface area contributed by atoms with E-state index in [0.29, 0.717) is 16.8 Å². The zero-order valence-corrected chi connectivity index (χ0v) is 17.4. The highest BCUT2D eigenvalue weighted by Crippen LogP contribution is 2.15. The van der Waals surface area contributed by atoms with Crippen LogP contribution in [0.15, 0.2) is 73.1 Å². The maximum atomic E-state index is 12.7. The Labute approximate surface area is 177 Å². The predicted octanol–water partition coefficient (Wildman–Crippen LogP) is 3.76. The van der Waals surface area contributed by atoms with Crippen molar-refractivity contribution >= 4 is 23.2 Å². The maximum Gasteiger partial charge on any atom is 0.257 e. The number of hydrogen-bond acceptors (Lipinski definition) is 4. The monoisotopic (exact) mass is 402 g/mol. The largest absolute Gasteiger partial charge is 0.378 e. The molecule has 1 heterocycles. The molecule has 1 aromatic heterocycles. The number of benzene rings is 2. The predicted molar refractivity (Wildman–Crippen MR) is 120 cm³/mol. The Morgan fingerprint density at radius 3 is 2.37 bits per heavy atom. The molecule has 0 saturated carbocycles. The van der Waals surface area contributed by atoms with Crippen LogP contribution in [0.5, 0.6) is 0 Å². The smallest absolute Gasteiger partial charge is 0.257 e. The van der Waals surface area contributed by atoms with Crippen molar-refractivity contribution in [3.05, 3.63) is 89.7 Å². The van der Waals surface area contributed by atoms with Crippen LogP contribution in [-0.4, -0.2) is 36.9 Å². The first-order valence-corrected chi connectivity index (χ1v) is 9.81. The summed E-state index contributed by atoms with van der Waals surface area (Å²) in [4.78, 5) is 30.9. The highest BCUT2D eigenvalue weighted by Gasteiger charge is 2.12. The molecule has 0 aliphatic rings. The number of anilines is 2. The van der Waals surface area contributed by atoms with Gasteiger partial charge in [-0.2, -0.15) is 0 Å². The third kappa shape index (κ3) is 5.67. The summed E-state index contributed by atoms with van der Waals surface area (Å²) in [5.74, 6) is -0.444. The molecule has 0 radical (unpaired) electrons. The molecule has 2 N–H and O–H groups in total. The minimum absolute atomic E-state index is 0.0312. The number of amides is 2. The van der Waals surface area contributed by atoms with Crippen LogP contribution in [0.25, 0.3) is 0 Å². The van der Waals surface area contributed by atoms with Crippen LogP contribution >= 0.6 is 0 Å². The summed E-state index contributed by atoms with van der Waals surface area (Å²) in [6.45, 7) is 1.98. The molecular formula is C24H26N4O2. The number of hydrogen-bond donors (Lipinski definition) is 2. The van der Waals surface area contributed by atoms with Gasteiger partial charge in [-0.1, -0.05) is 18.2 Å². The van der Waals surface area contributed by atoms with Gasteiger partial charge in [0.05, 0.1) is 5.56 Å². The molecular weight excluding hydrogens is 376 g/mol. The fourth-order valence-corrected chi connectivity index (χ4v) is 3.08. The van der Waals surface area contributed by atoms with Crippen molar-refractivity contribution in [2.75, 3.05) is 24.3 Å². The maximum absolute atomic E-state index is 12.7. The van der Waals surface area contributed by atoms with Gasteiger partial charge in [-0.25, -0.2) is 0 Å². The number of nitrogens with zero attached hydrogens (tertiary/aromatic N) is 2. The minimum Gasteiger partial charge on any atom is -0.378 e. The van der Waals surface area contributed by atoms with Crippen LogP contribution in [0.1, 0.15) is 33.2 Å². The molecule has 6 nitrogen and oxygen atoms in total. The van der Waals surface area contributed by atoms with E-state index in [0.717, 1.165) is 17.7 Å². The number of carbonyl (C=O) groups is 2. The molecule has 1 atom stereocenters. The first-order chi connectivity index (χ1) is 14.4. The Hall–Kier alpha value is -3.67. The van der Waals surface area contributed by atoms with E-state index in [-0.39, 0.29) is 17.9 Å². The highest BCUT2D eigenvalue weighted by atomic mass is 16.2. The van der Waals surface area contributed by atoms with Crippen molar-refractivity contribution < 1.29 is 9.59 Å². The molecule has 0 unspecified atom stereocenters. The van der Waals surface area contributed by atoms with Gasteiger partial charge >= 0.3 is 0 Å². The Balaban J connectivity index is 1.59. The van der Waals surface area contributed by atoms with Gasteiger partial charge in [0.25, 0.3) is 11.8 Å². The Bertz CT molecular complexity index is 1000. The van der Waals surface area contributed by atoms with Crippen LogP contribution in [0.4, 0.5) is 11.4 Å². The van der Waals surface area contributed by atoms with Gasteiger partial charge in [0, 0.05) is 49.5 Å². The fourth-order valence-electron chi connectivity index (χ4n) is 3.08. The van der Waals surface area contributed by atoms with E-state index in [1.54, 1.807) is 42.6 Å². The van der Waals surface area contributed by atoms with Crippen LogP contribution in [0.3, 0.4) is 0 Å². The molecule has 0 aliphatic heterocycles. The summed E-state index contributed by atoms with van der Waals surface area (Å²) in [5.41, 5.74) is 3.81. The molecule has 6 heteroatoms. The molecule has 0 saturated heterocycles. The summed E-state index contributed by atoms with van der Waals surface area (Å²) in [6.07, 6.45) is 3.84. The standard InChI is InChI=1S/C24H26N4O2/c1-17(14-18-9-11-22(12-10-18)28(2)3)26-23(29)19-6-4-8-21(15-19)27-24(30)20-7-5-13-25-16-20/h4-13,15-17H,14H2,1-3H3,(H,26,29)(H,27,30)/t17-/m1/s1. The number of nitrogens with one attached hydrogen (secondary N) is 2. The van der Waals surface area contributed by atoms with Crippen molar-refractivity contribution in [1.29, 1.82) is 0 Å². The first-order valence-electron chi connectivity index (χ1n) is 9.81. The molecule has 3 aromatic rings. The summed E-state index contributed by atoms with van der Waals surface area (Å²) in [7, 11) is 4.01. The summed E-state index contributed by atoms with van der Waals surface area (Å²) >= 11 is 0. The van der Waals surface area contributed by atoms with Gasteiger partial charge in [-0.15, -0.1) is 0 Å². The van der Waals surface area contributed by atoms with Crippen LogP contribution in [-0.2, 0) is 6.42 Å². The van der Waals surface area contributed by atoms with Crippen molar-refractivity contribution in [3.8, 4) is 0 Å². The molecule has 2 aromatic carbocycles. The molecule has 154 valence electrons. The second kappa shape index (κ2) is 9.69. The van der Waals surface area contributed by atoms with Crippen LogP contribution < -0.4 is 15.5 Å². The molecule has 0 aliphatic carbocycles. The van der Waals surface area contributed by atoms with Crippen molar-refractivity contribution in [3.63, 3.8) is 0 Å². The van der Waals surface area contributed by atoms with Gasteiger partial charge in [-0.05, 0) is 61.4 Å². The second-order valence-corrected chi connectivity index (χ2v) is 7.42.